The summed E-state index contributed by atoms with van der Waals surface area (Å²) in [5.74, 6) is -0.301. The van der Waals surface area contributed by atoms with E-state index in [1.54, 1.807) is 0 Å². The van der Waals surface area contributed by atoms with Crippen molar-refractivity contribution in [3.63, 3.8) is 0 Å². The molecular weight excluding hydrogens is 199 g/mol. The number of carbonyl (C=O) groups excluding carboxylic acids is 2. The first-order valence-electron chi connectivity index (χ1n) is 3.98. The molecule has 4 heteroatoms. The molecule has 0 amide bonds. The predicted octanol–water partition coefficient (Wildman–Crippen LogP) is 1.38. The Morgan fingerprint density at radius 2 is 1.25 bits per heavy atom. The van der Waals surface area contributed by atoms with Crippen LogP contribution in [0.5, 0.6) is 0 Å². The van der Waals surface area contributed by atoms with Gasteiger partial charge in [-0.25, -0.2) is 0 Å². The molecule has 4 atom stereocenters. The van der Waals surface area contributed by atoms with E-state index < -0.39 is 10.8 Å². The molecule has 0 aromatic heterocycles. The second-order valence-corrected chi connectivity index (χ2v) is 4.34. The third-order valence-electron chi connectivity index (χ3n) is 2.81. The number of carbonyl (C=O) groups is 2. The van der Waals surface area contributed by atoms with Crippen molar-refractivity contribution in [1.82, 2.24) is 0 Å². The zero-order chi connectivity index (χ0) is 8.88. The Morgan fingerprint density at radius 1 is 0.917 bits per heavy atom. The molecule has 0 aromatic rings. The Labute approximate surface area is 80.2 Å². The van der Waals surface area contributed by atoms with Gasteiger partial charge in [-0.3, -0.25) is 9.59 Å². The molecule has 0 N–H and O–H groups in total. The number of fused-ring (bicyclic) bond motifs is 1. The topological polar surface area (TPSA) is 34.1 Å². The maximum atomic E-state index is 11.4. The fraction of sp³-hybridized carbons (Fsp3) is 0.750. The monoisotopic (exact) mass is 206 g/mol. The predicted molar refractivity (Wildman–Crippen MR) is 45.5 cm³/mol. The molecule has 12 heavy (non-hydrogen) atoms. The highest BCUT2D eigenvalue weighted by molar-refractivity contribution is 6.45. The summed E-state index contributed by atoms with van der Waals surface area (Å²) in [4.78, 5) is 22.7. The van der Waals surface area contributed by atoms with Crippen molar-refractivity contribution in [2.75, 3.05) is 0 Å². The molecule has 2 nitrogen and oxygen atoms in total. The van der Waals surface area contributed by atoms with Gasteiger partial charge < -0.3 is 0 Å². The van der Waals surface area contributed by atoms with Crippen LogP contribution in [0.2, 0.25) is 0 Å². The Bertz CT molecular complexity index is 213. The maximum absolute atomic E-state index is 11.4. The zero-order valence-electron chi connectivity index (χ0n) is 6.30. The van der Waals surface area contributed by atoms with Gasteiger partial charge in [-0.2, -0.15) is 0 Å². The summed E-state index contributed by atoms with van der Waals surface area (Å²) in [5.41, 5.74) is 0. The van der Waals surface area contributed by atoms with Crippen molar-refractivity contribution in [1.29, 1.82) is 0 Å². The quantitative estimate of drug-likeness (QED) is 0.562. The van der Waals surface area contributed by atoms with Gasteiger partial charge in [0, 0.05) is 11.8 Å². The number of Topliss-reactive ketones (excluding diaryl/α,β-unsaturated/α-hetero) is 2. The molecule has 2 aliphatic rings. The summed E-state index contributed by atoms with van der Waals surface area (Å²) < 4.78 is 0. The molecule has 2 rings (SSSR count). The van der Waals surface area contributed by atoms with E-state index in [1.165, 1.54) is 0 Å². The highest BCUT2D eigenvalue weighted by Crippen LogP contribution is 2.43. The largest absolute Gasteiger partial charge is 0.298 e. The lowest BCUT2D eigenvalue weighted by molar-refractivity contribution is -0.142. The lowest BCUT2D eigenvalue weighted by Crippen LogP contribution is -2.53. The Hall–Kier alpha value is -0.0800. The molecule has 0 aromatic carbocycles. The molecule has 0 spiro atoms. The van der Waals surface area contributed by atoms with Crippen LogP contribution in [0.3, 0.4) is 0 Å². The summed E-state index contributed by atoms with van der Waals surface area (Å²) in [7, 11) is 0. The lowest BCUT2D eigenvalue weighted by Gasteiger charge is -2.41. The van der Waals surface area contributed by atoms with Crippen molar-refractivity contribution in [2.45, 2.75) is 23.6 Å². The molecule has 2 aliphatic carbocycles. The zero-order valence-corrected chi connectivity index (χ0v) is 7.81. The van der Waals surface area contributed by atoms with Gasteiger partial charge in [-0.1, -0.05) is 0 Å². The van der Waals surface area contributed by atoms with E-state index >= 15 is 0 Å². The Balaban J connectivity index is 2.25. The van der Waals surface area contributed by atoms with Gasteiger partial charge in [-0.05, 0) is 12.8 Å². The van der Waals surface area contributed by atoms with Gasteiger partial charge in [-0.15, -0.1) is 23.2 Å². The highest BCUT2D eigenvalue weighted by atomic mass is 35.5. The van der Waals surface area contributed by atoms with Crippen molar-refractivity contribution in [3.05, 3.63) is 0 Å². The molecule has 0 unspecified atom stereocenters. The Morgan fingerprint density at radius 3 is 1.50 bits per heavy atom. The normalized spacial score (nSPS) is 46.8. The smallest absolute Gasteiger partial charge is 0.156 e. The van der Waals surface area contributed by atoms with Gasteiger partial charge in [0.05, 0.1) is 0 Å². The standard InChI is InChI=1S/C8H8Cl2O2/c9-5-6(10)8(12)4-2-1-3(4)7(5)11/h3-6H,1-2H2/t3-,4+,5-,6-/m1/s1. The summed E-state index contributed by atoms with van der Waals surface area (Å²) in [6, 6.07) is 0. The molecule has 2 saturated carbocycles. The van der Waals surface area contributed by atoms with Crippen LogP contribution in [-0.4, -0.2) is 22.3 Å². The molecule has 2 fully saturated rings. The van der Waals surface area contributed by atoms with E-state index in [0.717, 1.165) is 12.8 Å². The fourth-order valence-electron chi connectivity index (χ4n) is 1.88. The molecule has 0 radical (unpaired) electrons. The molecule has 66 valence electrons. The first-order valence-corrected chi connectivity index (χ1v) is 4.86. The first-order chi connectivity index (χ1) is 5.63. The maximum Gasteiger partial charge on any atom is 0.156 e. The van der Waals surface area contributed by atoms with E-state index in [0.29, 0.717) is 0 Å². The average Bonchev–Trinajstić information content (AvgIpc) is 1.97. The third-order valence-corrected chi connectivity index (χ3v) is 3.87. The molecule has 0 bridgehead atoms. The van der Waals surface area contributed by atoms with Crippen LogP contribution in [0, 0.1) is 11.8 Å². The Kier molecular flexibility index (Phi) is 1.92. The van der Waals surface area contributed by atoms with Gasteiger partial charge in [0.2, 0.25) is 0 Å². The number of alkyl halides is 2. The SMILES string of the molecule is O=C1[C@H]2CC[C@H]2C(=O)[C@H](Cl)[C@H]1Cl. The number of ketones is 2. The van der Waals surface area contributed by atoms with Crippen molar-refractivity contribution in [2.24, 2.45) is 11.8 Å². The minimum Gasteiger partial charge on any atom is -0.298 e. The summed E-state index contributed by atoms with van der Waals surface area (Å²) >= 11 is 11.4. The van der Waals surface area contributed by atoms with E-state index in [4.69, 9.17) is 23.2 Å². The van der Waals surface area contributed by atoms with E-state index in [9.17, 15) is 9.59 Å². The second-order valence-electron chi connectivity index (χ2n) is 3.40. The van der Waals surface area contributed by atoms with Crippen LogP contribution in [0.15, 0.2) is 0 Å². The van der Waals surface area contributed by atoms with E-state index in [-0.39, 0.29) is 23.4 Å². The molecule has 0 heterocycles. The van der Waals surface area contributed by atoms with Crippen LogP contribution in [0.25, 0.3) is 0 Å². The minimum atomic E-state index is -0.791. The van der Waals surface area contributed by atoms with Crippen LogP contribution in [0.1, 0.15) is 12.8 Å². The van der Waals surface area contributed by atoms with Crippen molar-refractivity contribution in [3.8, 4) is 0 Å². The second kappa shape index (κ2) is 2.71. The van der Waals surface area contributed by atoms with Gasteiger partial charge in [0.25, 0.3) is 0 Å². The fourth-order valence-corrected chi connectivity index (χ4v) is 2.45. The van der Waals surface area contributed by atoms with E-state index in [2.05, 4.69) is 0 Å². The third kappa shape index (κ3) is 0.944. The number of halogens is 2. The highest BCUT2D eigenvalue weighted by Gasteiger charge is 2.52. The van der Waals surface area contributed by atoms with Crippen LogP contribution >= 0.6 is 23.2 Å². The van der Waals surface area contributed by atoms with Crippen LogP contribution in [-0.2, 0) is 9.59 Å². The minimum absolute atomic E-state index is 0.0347. The van der Waals surface area contributed by atoms with Crippen molar-refractivity contribution >= 4 is 34.8 Å². The van der Waals surface area contributed by atoms with Gasteiger partial charge in [0.15, 0.2) is 11.6 Å². The molecule has 0 saturated heterocycles. The average molecular weight is 207 g/mol. The van der Waals surface area contributed by atoms with Gasteiger partial charge >= 0.3 is 0 Å². The number of hydrogen-bond donors (Lipinski definition) is 0. The summed E-state index contributed by atoms with van der Waals surface area (Å²) in [6.07, 6.45) is 1.62. The van der Waals surface area contributed by atoms with Crippen molar-refractivity contribution < 1.29 is 9.59 Å². The lowest BCUT2D eigenvalue weighted by atomic mass is 9.64. The summed E-state index contributed by atoms with van der Waals surface area (Å²) in [6.45, 7) is 0. The number of rotatable bonds is 0. The van der Waals surface area contributed by atoms with Gasteiger partial charge in [0.1, 0.15) is 10.8 Å². The summed E-state index contributed by atoms with van der Waals surface area (Å²) in [5, 5.41) is -1.58. The number of hydrogen-bond acceptors (Lipinski definition) is 2. The molecular formula is C8H8Cl2O2. The first kappa shape index (κ1) is 8.52. The molecule has 0 aliphatic heterocycles. The van der Waals surface area contributed by atoms with Crippen LogP contribution in [0.4, 0.5) is 0 Å². The van der Waals surface area contributed by atoms with Crippen LogP contribution < -0.4 is 0 Å². The van der Waals surface area contributed by atoms with E-state index in [1.807, 2.05) is 0 Å².